The number of halogens is 2. The van der Waals surface area contributed by atoms with Gasteiger partial charge in [0, 0.05) is 45.5 Å². The Hall–Kier alpha value is -1.89. The van der Waals surface area contributed by atoms with Gasteiger partial charge in [0.05, 0.1) is 4.90 Å². The molecule has 1 saturated heterocycles. The lowest BCUT2D eigenvalue weighted by Crippen LogP contribution is -2.37. The lowest BCUT2D eigenvalue weighted by Gasteiger charge is -2.21. The molecule has 1 fully saturated rings. The van der Waals surface area contributed by atoms with Crippen LogP contribution in [0.2, 0.25) is 0 Å². The van der Waals surface area contributed by atoms with Gasteiger partial charge in [-0.2, -0.15) is 8.61 Å². The lowest BCUT2D eigenvalue weighted by atomic mass is 10.3. The summed E-state index contributed by atoms with van der Waals surface area (Å²) in [4.78, 5) is 3.54. The van der Waals surface area contributed by atoms with Gasteiger partial charge in [0.1, 0.15) is 17.5 Å². The van der Waals surface area contributed by atoms with E-state index in [0.717, 1.165) is 16.4 Å². The number of hydrogen-bond donors (Lipinski definition) is 0. The monoisotopic (exact) mass is 434 g/mol. The Morgan fingerprint density at radius 1 is 0.893 bits per heavy atom. The molecule has 0 unspecified atom stereocenters. The first-order valence-corrected chi connectivity index (χ1v) is 11.4. The third-order valence-electron chi connectivity index (χ3n) is 4.58. The number of sulfonamides is 2. The van der Waals surface area contributed by atoms with Crippen molar-refractivity contribution in [3.63, 3.8) is 0 Å². The first-order valence-electron chi connectivity index (χ1n) is 8.48. The topological polar surface area (TPSA) is 92.6 Å². The van der Waals surface area contributed by atoms with E-state index in [2.05, 4.69) is 4.98 Å². The van der Waals surface area contributed by atoms with E-state index < -0.39 is 36.6 Å². The normalized spacial score (nSPS) is 17.6. The molecule has 1 aliphatic rings. The standard InChI is InChI=1S/C16H20F2N4O4S2/c1-12-19-16(11-20(12)2)28(25,26)22-5-3-4-21(6-7-22)27(23,24)15-9-13(17)8-14(18)10-15/h8-11H,3-7H2,1-2H3. The maximum Gasteiger partial charge on any atom is 0.262 e. The van der Waals surface area contributed by atoms with Crippen molar-refractivity contribution >= 4 is 20.0 Å². The van der Waals surface area contributed by atoms with Crippen LogP contribution in [0.1, 0.15) is 12.2 Å². The molecule has 0 aliphatic carbocycles. The number of nitrogens with zero attached hydrogens (tertiary/aromatic N) is 4. The fourth-order valence-electron chi connectivity index (χ4n) is 2.96. The molecule has 1 aromatic carbocycles. The maximum atomic E-state index is 13.4. The Morgan fingerprint density at radius 2 is 1.43 bits per heavy atom. The number of imidazole rings is 1. The van der Waals surface area contributed by atoms with Gasteiger partial charge in [0.15, 0.2) is 5.03 Å². The number of rotatable bonds is 4. The summed E-state index contributed by atoms with van der Waals surface area (Å²) in [6.45, 7) is 1.60. The summed E-state index contributed by atoms with van der Waals surface area (Å²) in [5, 5.41) is -0.101. The molecular weight excluding hydrogens is 414 g/mol. The van der Waals surface area contributed by atoms with Crippen LogP contribution in [0.3, 0.4) is 0 Å². The number of hydrogen-bond acceptors (Lipinski definition) is 5. The van der Waals surface area contributed by atoms with Crippen LogP contribution in [0.5, 0.6) is 0 Å². The molecule has 8 nitrogen and oxygen atoms in total. The molecule has 0 spiro atoms. The van der Waals surface area contributed by atoms with Crippen molar-refractivity contribution in [2.45, 2.75) is 23.3 Å². The minimum atomic E-state index is -4.15. The average molecular weight is 434 g/mol. The highest BCUT2D eigenvalue weighted by atomic mass is 32.2. The Labute approximate surface area is 162 Å². The quantitative estimate of drug-likeness (QED) is 0.718. The highest BCUT2D eigenvalue weighted by Crippen LogP contribution is 2.22. The van der Waals surface area contributed by atoms with E-state index in [1.807, 2.05) is 0 Å². The molecule has 2 heterocycles. The Morgan fingerprint density at radius 3 is 1.93 bits per heavy atom. The average Bonchev–Trinajstić information content (AvgIpc) is 2.82. The molecule has 0 radical (unpaired) electrons. The van der Waals surface area contributed by atoms with Crippen molar-refractivity contribution in [3.8, 4) is 0 Å². The van der Waals surface area contributed by atoms with Crippen LogP contribution in [-0.4, -0.2) is 61.2 Å². The minimum Gasteiger partial charge on any atom is -0.337 e. The third-order valence-corrected chi connectivity index (χ3v) is 8.23. The van der Waals surface area contributed by atoms with Gasteiger partial charge in [-0.05, 0) is 25.5 Å². The zero-order chi connectivity index (χ0) is 20.7. The highest BCUT2D eigenvalue weighted by molar-refractivity contribution is 7.89. The van der Waals surface area contributed by atoms with E-state index in [0.29, 0.717) is 11.9 Å². The second-order valence-corrected chi connectivity index (χ2v) is 10.3. The van der Waals surface area contributed by atoms with Crippen LogP contribution in [0.15, 0.2) is 34.3 Å². The van der Waals surface area contributed by atoms with Crippen LogP contribution >= 0.6 is 0 Å². The maximum absolute atomic E-state index is 13.4. The third kappa shape index (κ3) is 3.95. The summed E-state index contributed by atoms with van der Waals surface area (Å²) in [7, 11) is -6.35. The second-order valence-electron chi connectivity index (χ2n) is 6.50. The van der Waals surface area contributed by atoms with Gasteiger partial charge in [-0.3, -0.25) is 0 Å². The molecule has 0 bridgehead atoms. The number of aryl methyl sites for hydroxylation is 2. The first-order chi connectivity index (χ1) is 13.0. The van der Waals surface area contributed by atoms with E-state index in [4.69, 9.17) is 0 Å². The fraction of sp³-hybridized carbons (Fsp3) is 0.438. The van der Waals surface area contributed by atoms with Gasteiger partial charge in [0.2, 0.25) is 10.0 Å². The van der Waals surface area contributed by atoms with Crippen LogP contribution < -0.4 is 0 Å². The zero-order valence-corrected chi connectivity index (χ0v) is 17.0. The molecule has 0 saturated carbocycles. The van der Waals surface area contributed by atoms with Crippen LogP contribution in [0.4, 0.5) is 8.78 Å². The van der Waals surface area contributed by atoms with Gasteiger partial charge in [-0.1, -0.05) is 0 Å². The SMILES string of the molecule is Cc1nc(S(=O)(=O)N2CCCN(S(=O)(=O)c3cc(F)cc(F)c3)CC2)cn1C. The molecular formula is C16H20F2N4O4S2. The molecule has 2 aromatic rings. The molecule has 1 aliphatic heterocycles. The van der Waals surface area contributed by atoms with Crippen LogP contribution in [0, 0.1) is 18.6 Å². The fourth-order valence-corrected chi connectivity index (χ4v) is 5.97. The highest BCUT2D eigenvalue weighted by Gasteiger charge is 2.33. The summed E-state index contributed by atoms with van der Waals surface area (Å²) in [6, 6.07) is 2.08. The Kier molecular flexibility index (Phi) is 5.58. The molecule has 3 rings (SSSR count). The van der Waals surface area contributed by atoms with Crippen molar-refractivity contribution in [2.24, 2.45) is 7.05 Å². The second kappa shape index (κ2) is 7.50. The van der Waals surface area contributed by atoms with E-state index in [1.54, 1.807) is 18.5 Å². The molecule has 154 valence electrons. The summed E-state index contributed by atoms with van der Waals surface area (Å²) >= 11 is 0. The van der Waals surface area contributed by atoms with E-state index in [1.165, 1.54) is 10.5 Å². The Bertz CT molecular complexity index is 1060. The van der Waals surface area contributed by atoms with Crippen LogP contribution in [0.25, 0.3) is 0 Å². The largest absolute Gasteiger partial charge is 0.337 e. The Balaban J connectivity index is 1.83. The van der Waals surface area contributed by atoms with Crippen molar-refractivity contribution in [1.82, 2.24) is 18.2 Å². The predicted molar refractivity (Wildman–Crippen MR) is 96.4 cm³/mol. The summed E-state index contributed by atoms with van der Waals surface area (Å²) in [5.74, 6) is -1.46. The molecule has 1 aromatic heterocycles. The van der Waals surface area contributed by atoms with E-state index in [-0.39, 0.29) is 37.6 Å². The van der Waals surface area contributed by atoms with Crippen molar-refractivity contribution in [2.75, 3.05) is 26.2 Å². The van der Waals surface area contributed by atoms with Gasteiger partial charge in [0.25, 0.3) is 10.0 Å². The van der Waals surface area contributed by atoms with Crippen LogP contribution in [-0.2, 0) is 27.1 Å². The number of benzene rings is 1. The molecule has 0 amide bonds. The summed E-state index contributed by atoms with van der Waals surface area (Å²) in [6.07, 6.45) is 1.64. The molecule has 28 heavy (non-hydrogen) atoms. The smallest absolute Gasteiger partial charge is 0.262 e. The molecule has 0 atom stereocenters. The van der Waals surface area contributed by atoms with Gasteiger partial charge in [-0.15, -0.1) is 0 Å². The minimum absolute atomic E-state index is 0.0354. The van der Waals surface area contributed by atoms with E-state index in [9.17, 15) is 25.6 Å². The summed E-state index contributed by atoms with van der Waals surface area (Å²) < 4.78 is 81.7. The van der Waals surface area contributed by atoms with Gasteiger partial charge in [-0.25, -0.2) is 30.6 Å². The van der Waals surface area contributed by atoms with E-state index >= 15 is 0 Å². The van der Waals surface area contributed by atoms with Gasteiger partial charge < -0.3 is 4.57 Å². The van der Waals surface area contributed by atoms with Crippen molar-refractivity contribution in [1.29, 1.82) is 0 Å². The molecule has 0 N–H and O–H groups in total. The van der Waals surface area contributed by atoms with Crippen molar-refractivity contribution in [3.05, 3.63) is 41.9 Å². The number of aromatic nitrogens is 2. The summed E-state index contributed by atoms with van der Waals surface area (Å²) in [5.41, 5.74) is 0. The lowest BCUT2D eigenvalue weighted by molar-refractivity contribution is 0.403. The zero-order valence-electron chi connectivity index (χ0n) is 15.3. The molecule has 12 heteroatoms. The first kappa shape index (κ1) is 20.8. The van der Waals surface area contributed by atoms with Gasteiger partial charge >= 0.3 is 0 Å². The van der Waals surface area contributed by atoms with Crippen molar-refractivity contribution < 1.29 is 25.6 Å². The predicted octanol–water partition coefficient (Wildman–Crippen LogP) is 1.09.